The molecule has 130 valence electrons. The van der Waals surface area contributed by atoms with Crippen molar-refractivity contribution < 1.29 is 13.2 Å². The minimum absolute atomic E-state index is 0.365. The van der Waals surface area contributed by atoms with Gasteiger partial charge in [-0.15, -0.1) is 0 Å². The van der Waals surface area contributed by atoms with Gasteiger partial charge < -0.3 is 4.74 Å². The number of morpholine rings is 1. The number of aromatic nitrogens is 2. The Morgan fingerprint density at radius 1 is 1.12 bits per heavy atom. The number of hydrogen-bond acceptors (Lipinski definition) is 4. The lowest BCUT2D eigenvalue weighted by molar-refractivity contribution is 0.0730. The van der Waals surface area contributed by atoms with Crippen molar-refractivity contribution in [3.8, 4) is 11.1 Å². The van der Waals surface area contributed by atoms with E-state index in [1.807, 2.05) is 44.6 Å². The van der Waals surface area contributed by atoms with Crippen LogP contribution in [0.4, 0.5) is 0 Å². The van der Waals surface area contributed by atoms with Crippen LogP contribution in [0.25, 0.3) is 11.1 Å². The minimum atomic E-state index is -3.52. The van der Waals surface area contributed by atoms with Crippen molar-refractivity contribution in [2.75, 3.05) is 26.3 Å². The normalized spacial score (nSPS) is 16.5. The van der Waals surface area contributed by atoms with E-state index in [0.717, 1.165) is 28.1 Å². The van der Waals surface area contributed by atoms with Crippen LogP contribution in [0.2, 0.25) is 0 Å². The predicted molar refractivity (Wildman–Crippen MR) is 92.4 cm³/mol. The van der Waals surface area contributed by atoms with Crippen molar-refractivity contribution in [3.05, 3.63) is 35.2 Å². The third-order valence-electron chi connectivity index (χ3n) is 4.57. The summed E-state index contributed by atoms with van der Waals surface area (Å²) in [4.78, 5) is 0.365. The van der Waals surface area contributed by atoms with Crippen LogP contribution in [0.1, 0.15) is 17.0 Å². The Morgan fingerprint density at radius 3 is 2.38 bits per heavy atom. The van der Waals surface area contributed by atoms with Crippen LogP contribution in [0, 0.1) is 20.8 Å². The quantitative estimate of drug-likeness (QED) is 0.850. The lowest BCUT2D eigenvalue weighted by atomic mass is 10.0. The molecule has 0 aliphatic carbocycles. The van der Waals surface area contributed by atoms with Gasteiger partial charge in [-0.2, -0.15) is 9.40 Å². The highest BCUT2D eigenvalue weighted by atomic mass is 32.2. The average molecular weight is 349 g/mol. The standard InChI is InChI=1S/C17H23N3O3S/c1-12-5-6-15(17-13(2)18-19(4)14(17)3)11-16(12)24(21,22)20-7-9-23-10-8-20/h5-6,11H,7-10H2,1-4H3. The molecule has 0 amide bonds. The summed E-state index contributed by atoms with van der Waals surface area (Å²) in [6, 6.07) is 5.61. The molecule has 24 heavy (non-hydrogen) atoms. The van der Waals surface area contributed by atoms with Crippen molar-refractivity contribution in [1.29, 1.82) is 0 Å². The van der Waals surface area contributed by atoms with Crippen LogP contribution in [0.5, 0.6) is 0 Å². The molecule has 1 aliphatic heterocycles. The van der Waals surface area contributed by atoms with Crippen molar-refractivity contribution in [2.24, 2.45) is 7.05 Å². The van der Waals surface area contributed by atoms with Crippen molar-refractivity contribution in [1.82, 2.24) is 14.1 Å². The van der Waals surface area contributed by atoms with E-state index in [2.05, 4.69) is 5.10 Å². The first-order valence-electron chi connectivity index (χ1n) is 8.01. The van der Waals surface area contributed by atoms with Gasteiger partial charge in [0.15, 0.2) is 0 Å². The van der Waals surface area contributed by atoms with Gasteiger partial charge in [0.25, 0.3) is 0 Å². The molecule has 0 N–H and O–H groups in total. The summed E-state index contributed by atoms with van der Waals surface area (Å²) in [6.07, 6.45) is 0. The molecule has 0 radical (unpaired) electrons. The van der Waals surface area contributed by atoms with E-state index < -0.39 is 10.0 Å². The molecule has 0 bridgehead atoms. The van der Waals surface area contributed by atoms with E-state index in [1.165, 1.54) is 4.31 Å². The zero-order chi connectivity index (χ0) is 17.5. The molecular weight excluding hydrogens is 326 g/mol. The maximum Gasteiger partial charge on any atom is 0.243 e. The summed E-state index contributed by atoms with van der Waals surface area (Å²) in [6.45, 7) is 7.45. The molecule has 1 aromatic heterocycles. The van der Waals surface area contributed by atoms with Gasteiger partial charge in [0, 0.05) is 31.4 Å². The van der Waals surface area contributed by atoms with Gasteiger partial charge in [-0.1, -0.05) is 12.1 Å². The molecule has 1 fully saturated rings. The summed E-state index contributed by atoms with van der Waals surface area (Å²) >= 11 is 0. The minimum Gasteiger partial charge on any atom is -0.379 e. The number of sulfonamides is 1. The molecule has 3 rings (SSSR count). The van der Waals surface area contributed by atoms with E-state index >= 15 is 0 Å². The lowest BCUT2D eigenvalue weighted by Crippen LogP contribution is -2.40. The van der Waals surface area contributed by atoms with Gasteiger partial charge in [0.2, 0.25) is 10.0 Å². The average Bonchev–Trinajstić information content (AvgIpc) is 2.81. The number of aryl methyl sites for hydroxylation is 3. The van der Waals surface area contributed by atoms with E-state index in [1.54, 1.807) is 6.07 Å². The number of rotatable bonds is 3. The van der Waals surface area contributed by atoms with Crippen LogP contribution < -0.4 is 0 Å². The van der Waals surface area contributed by atoms with Gasteiger partial charge in [-0.25, -0.2) is 8.42 Å². The number of benzene rings is 1. The first-order chi connectivity index (χ1) is 11.3. The number of hydrogen-bond donors (Lipinski definition) is 0. The van der Waals surface area contributed by atoms with Crippen LogP contribution >= 0.6 is 0 Å². The molecular formula is C17H23N3O3S. The second-order valence-electron chi connectivity index (χ2n) is 6.17. The van der Waals surface area contributed by atoms with Crippen molar-refractivity contribution in [3.63, 3.8) is 0 Å². The highest BCUT2D eigenvalue weighted by Gasteiger charge is 2.28. The third kappa shape index (κ3) is 2.87. The number of ether oxygens (including phenoxy) is 1. The Labute approximate surface area is 143 Å². The van der Waals surface area contributed by atoms with E-state index in [4.69, 9.17) is 4.74 Å². The Balaban J connectivity index is 2.10. The highest BCUT2D eigenvalue weighted by molar-refractivity contribution is 7.89. The van der Waals surface area contributed by atoms with Crippen molar-refractivity contribution >= 4 is 10.0 Å². The van der Waals surface area contributed by atoms with Gasteiger partial charge >= 0.3 is 0 Å². The Bertz CT molecular complexity index is 865. The first kappa shape index (κ1) is 17.1. The van der Waals surface area contributed by atoms with Gasteiger partial charge in [0.1, 0.15) is 0 Å². The fourth-order valence-corrected chi connectivity index (χ4v) is 4.81. The number of nitrogens with zero attached hydrogens (tertiary/aromatic N) is 3. The summed E-state index contributed by atoms with van der Waals surface area (Å²) in [7, 11) is -1.62. The lowest BCUT2D eigenvalue weighted by Gasteiger charge is -2.27. The fourth-order valence-electron chi connectivity index (χ4n) is 3.15. The van der Waals surface area contributed by atoms with Crippen LogP contribution in [-0.2, 0) is 21.8 Å². The van der Waals surface area contributed by atoms with Gasteiger partial charge in [0.05, 0.1) is 23.8 Å². The zero-order valence-electron chi connectivity index (χ0n) is 14.5. The molecule has 0 atom stereocenters. The summed E-state index contributed by atoms with van der Waals surface area (Å²) in [5.41, 5.74) is 4.55. The van der Waals surface area contributed by atoms with Gasteiger partial charge in [-0.3, -0.25) is 4.68 Å². The SMILES string of the molecule is Cc1ccc(-c2c(C)nn(C)c2C)cc1S(=O)(=O)N1CCOCC1. The zero-order valence-corrected chi connectivity index (χ0v) is 15.4. The van der Waals surface area contributed by atoms with E-state index in [9.17, 15) is 8.42 Å². The summed E-state index contributed by atoms with van der Waals surface area (Å²) in [5, 5.41) is 4.43. The van der Waals surface area contributed by atoms with E-state index in [-0.39, 0.29) is 0 Å². The smallest absolute Gasteiger partial charge is 0.243 e. The van der Waals surface area contributed by atoms with E-state index in [0.29, 0.717) is 31.2 Å². The van der Waals surface area contributed by atoms with Crippen LogP contribution in [0.3, 0.4) is 0 Å². The molecule has 1 aliphatic rings. The largest absolute Gasteiger partial charge is 0.379 e. The van der Waals surface area contributed by atoms with Crippen LogP contribution in [0.15, 0.2) is 23.1 Å². The summed E-state index contributed by atoms with van der Waals surface area (Å²) in [5.74, 6) is 0. The monoisotopic (exact) mass is 349 g/mol. The Hall–Kier alpha value is -1.70. The topological polar surface area (TPSA) is 64.4 Å². The van der Waals surface area contributed by atoms with Crippen LogP contribution in [-0.4, -0.2) is 48.8 Å². The van der Waals surface area contributed by atoms with Gasteiger partial charge in [-0.05, 0) is 38.0 Å². The second kappa shape index (κ2) is 6.31. The molecule has 1 aromatic carbocycles. The van der Waals surface area contributed by atoms with Crippen molar-refractivity contribution in [2.45, 2.75) is 25.7 Å². The summed E-state index contributed by atoms with van der Waals surface area (Å²) < 4.78 is 34.6. The Morgan fingerprint density at radius 2 is 1.79 bits per heavy atom. The third-order valence-corrected chi connectivity index (χ3v) is 6.61. The maximum absolute atomic E-state index is 13.0. The highest BCUT2D eigenvalue weighted by Crippen LogP contribution is 2.31. The molecule has 1 saturated heterocycles. The molecule has 0 saturated carbocycles. The fraction of sp³-hybridized carbons (Fsp3) is 0.471. The molecule has 0 spiro atoms. The maximum atomic E-state index is 13.0. The molecule has 0 unspecified atom stereocenters. The Kier molecular flexibility index (Phi) is 4.50. The molecule has 7 heteroatoms. The molecule has 2 aromatic rings. The molecule has 6 nitrogen and oxygen atoms in total. The predicted octanol–water partition coefficient (Wildman–Crippen LogP) is 2.03. The molecule has 2 heterocycles. The first-order valence-corrected chi connectivity index (χ1v) is 9.45. The second-order valence-corrected chi connectivity index (χ2v) is 8.07.